The molecule has 3 heterocycles. The molecule has 7 nitrogen and oxygen atoms in total. The van der Waals surface area contributed by atoms with Crippen molar-refractivity contribution in [3.63, 3.8) is 0 Å². The van der Waals surface area contributed by atoms with Gasteiger partial charge in [-0.1, -0.05) is 24.3 Å². The zero-order valence-electron chi connectivity index (χ0n) is 17.3. The van der Waals surface area contributed by atoms with Gasteiger partial charge in [-0.05, 0) is 54.8 Å². The van der Waals surface area contributed by atoms with Crippen LogP contribution in [-0.4, -0.2) is 36.3 Å². The van der Waals surface area contributed by atoms with Crippen LogP contribution in [0.15, 0.2) is 82.5 Å². The predicted octanol–water partition coefficient (Wildman–Crippen LogP) is 2.91. The van der Waals surface area contributed by atoms with Gasteiger partial charge in [-0.3, -0.25) is 9.59 Å². The van der Waals surface area contributed by atoms with Crippen molar-refractivity contribution in [3.05, 3.63) is 94.4 Å². The number of anilines is 1. The van der Waals surface area contributed by atoms with Crippen molar-refractivity contribution in [1.82, 2.24) is 8.87 Å². The Morgan fingerprint density at radius 2 is 1.62 bits per heavy atom. The minimum atomic E-state index is -3.68. The molecule has 0 radical (unpaired) electrons. The summed E-state index contributed by atoms with van der Waals surface area (Å²) in [7, 11) is -3.68. The molecule has 32 heavy (non-hydrogen) atoms. The summed E-state index contributed by atoms with van der Waals surface area (Å²) in [5.41, 5.74) is 1.94. The van der Waals surface area contributed by atoms with Gasteiger partial charge in [0.25, 0.3) is 11.5 Å². The van der Waals surface area contributed by atoms with Crippen LogP contribution in [-0.2, 0) is 16.6 Å². The van der Waals surface area contributed by atoms with Gasteiger partial charge in [-0.15, -0.1) is 0 Å². The average molecular weight is 450 g/mol. The van der Waals surface area contributed by atoms with E-state index in [4.69, 9.17) is 0 Å². The fourth-order valence-electron chi connectivity index (χ4n) is 4.70. The minimum absolute atomic E-state index is 0.00982. The number of piperidine rings is 1. The Labute approximate surface area is 186 Å². The standard InChI is InChI=1S/C24H23N3O4S/c28-23-8-4-7-22-19-13-17(15-27(22)23)14-26(16-19)32(30,31)21-11-9-20(10-12-21)25-24(29)18-5-2-1-3-6-18/h1-12,17,19H,13-16H2,(H,25,29)/t17?,19-/m0/s1. The van der Waals surface area contributed by atoms with E-state index >= 15 is 0 Å². The monoisotopic (exact) mass is 449 g/mol. The highest BCUT2D eigenvalue weighted by molar-refractivity contribution is 7.89. The lowest BCUT2D eigenvalue weighted by atomic mass is 9.84. The van der Waals surface area contributed by atoms with E-state index in [0.29, 0.717) is 30.9 Å². The highest BCUT2D eigenvalue weighted by Gasteiger charge is 2.39. The van der Waals surface area contributed by atoms with E-state index in [0.717, 1.165) is 12.1 Å². The van der Waals surface area contributed by atoms with Gasteiger partial charge in [-0.2, -0.15) is 4.31 Å². The molecule has 1 unspecified atom stereocenters. The highest BCUT2D eigenvalue weighted by Crippen LogP contribution is 2.37. The lowest BCUT2D eigenvalue weighted by Crippen LogP contribution is -2.48. The molecule has 2 bridgehead atoms. The Bertz CT molecular complexity index is 1320. The Kier molecular flexibility index (Phi) is 5.19. The van der Waals surface area contributed by atoms with Crippen LogP contribution in [0.2, 0.25) is 0 Å². The molecular weight excluding hydrogens is 426 g/mol. The number of carbonyl (C=O) groups is 1. The number of nitrogens with zero attached hydrogens (tertiary/aromatic N) is 2. The molecule has 2 aliphatic rings. The summed E-state index contributed by atoms with van der Waals surface area (Å²) in [6, 6.07) is 20.3. The maximum Gasteiger partial charge on any atom is 0.255 e. The number of carbonyl (C=O) groups excluding carboxylic acids is 1. The molecule has 0 aliphatic carbocycles. The van der Waals surface area contributed by atoms with Crippen molar-refractivity contribution in [3.8, 4) is 0 Å². The molecular formula is C24H23N3O4S. The van der Waals surface area contributed by atoms with E-state index in [1.807, 2.05) is 12.1 Å². The lowest BCUT2D eigenvalue weighted by molar-refractivity contribution is 0.102. The zero-order valence-corrected chi connectivity index (χ0v) is 18.2. The third-order valence-electron chi connectivity index (χ3n) is 6.23. The fraction of sp³-hybridized carbons (Fsp3) is 0.250. The van der Waals surface area contributed by atoms with Crippen molar-refractivity contribution in [2.75, 3.05) is 18.4 Å². The summed E-state index contributed by atoms with van der Waals surface area (Å²) in [5, 5.41) is 2.79. The molecule has 1 amide bonds. The van der Waals surface area contributed by atoms with Crippen molar-refractivity contribution in [2.24, 2.45) is 5.92 Å². The lowest BCUT2D eigenvalue weighted by Gasteiger charge is -2.42. The summed E-state index contributed by atoms with van der Waals surface area (Å²) >= 11 is 0. The number of nitrogens with one attached hydrogen (secondary N) is 1. The summed E-state index contributed by atoms with van der Waals surface area (Å²) in [6.07, 6.45) is 0.889. The molecule has 1 fully saturated rings. The molecule has 2 aliphatic heterocycles. The van der Waals surface area contributed by atoms with E-state index in [9.17, 15) is 18.0 Å². The smallest absolute Gasteiger partial charge is 0.255 e. The van der Waals surface area contributed by atoms with Crippen LogP contribution in [0, 0.1) is 5.92 Å². The van der Waals surface area contributed by atoms with Crippen LogP contribution in [0.4, 0.5) is 5.69 Å². The first-order valence-electron chi connectivity index (χ1n) is 10.6. The second-order valence-corrected chi connectivity index (χ2v) is 10.3. The molecule has 1 saturated heterocycles. The van der Waals surface area contributed by atoms with Crippen LogP contribution in [0.3, 0.4) is 0 Å². The molecule has 1 aromatic heterocycles. The molecule has 8 heteroatoms. The Morgan fingerprint density at radius 3 is 2.38 bits per heavy atom. The molecule has 164 valence electrons. The number of benzene rings is 2. The van der Waals surface area contributed by atoms with Crippen molar-refractivity contribution < 1.29 is 13.2 Å². The van der Waals surface area contributed by atoms with E-state index in [1.165, 1.54) is 16.4 Å². The molecule has 0 spiro atoms. The van der Waals surface area contributed by atoms with Gasteiger partial charge < -0.3 is 9.88 Å². The van der Waals surface area contributed by atoms with Gasteiger partial charge >= 0.3 is 0 Å². The van der Waals surface area contributed by atoms with E-state index in [-0.39, 0.29) is 28.2 Å². The number of hydrogen-bond acceptors (Lipinski definition) is 4. The summed E-state index contributed by atoms with van der Waals surface area (Å²) in [5.74, 6) is -0.130. The maximum atomic E-state index is 13.3. The Hall–Kier alpha value is -3.23. The van der Waals surface area contributed by atoms with Crippen LogP contribution in [0.1, 0.15) is 28.4 Å². The topological polar surface area (TPSA) is 88.5 Å². The molecule has 5 rings (SSSR count). The number of hydrogen-bond donors (Lipinski definition) is 1. The first kappa shape index (κ1) is 20.7. The van der Waals surface area contributed by atoms with Crippen molar-refractivity contribution in [1.29, 1.82) is 0 Å². The number of pyridine rings is 1. The molecule has 2 aromatic carbocycles. The third kappa shape index (κ3) is 3.76. The van der Waals surface area contributed by atoms with Crippen LogP contribution < -0.4 is 10.9 Å². The largest absolute Gasteiger partial charge is 0.322 e. The molecule has 2 atom stereocenters. The predicted molar refractivity (Wildman–Crippen MR) is 121 cm³/mol. The number of aromatic nitrogens is 1. The van der Waals surface area contributed by atoms with E-state index in [1.54, 1.807) is 53.1 Å². The summed E-state index contributed by atoms with van der Waals surface area (Å²) in [6.45, 7) is 1.29. The second kappa shape index (κ2) is 8.03. The summed E-state index contributed by atoms with van der Waals surface area (Å²) < 4.78 is 30.0. The fourth-order valence-corrected chi connectivity index (χ4v) is 6.26. The van der Waals surface area contributed by atoms with Gasteiger partial charge in [0.1, 0.15) is 0 Å². The highest BCUT2D eigenvalue weighted by atomic mass is 32.2. The van der Waals surface area contributed by atoms with Gasteiger partial charge in [0.05, 0.1) is 4.90 Å². The van der Waals surface area contributed by atoms with Crippen LogP contribution in [0.5, 0.6) is 0 Å². The molecule has 3 aromatic rings. The second-order valence-electron chi connectivity index (χ2n) is 8.36. The quantitative estimate of drug-likeness (QED) is 0.663. The number of sulfonamides is 1. The SMILES string of the molecule is O=C(Nc1ccc(S(=O)(=O)N2CC3C[C@@H](C2)c2cccc(=O)n2C3)cc1)c1ccccc1. The average Bonchev–Trinajstić information content (AvgIpc) is 2.80. The zero-order chi connectivity index (χ0) is 22.3. The first-order valence-corrected chi connectivity index (χ1v) is 12.0. The van der Waals surface area contributed by atoms with Gasteiger partial charge in [0.15, 0.2) is 0 Å². The third-order valence-corrected chi connectivity index (χ3v) is 8.08. The number of rotatable bonds is 4. The Balaban J connectivity index is 1.34. The summed E-state index contributed by atoms with van der Waals surface area (Å²) in [4.78, 5) is 24.7. The van der Waals surface area contributed by atoms with E-state index in [2.05, 4.69) is 5.32 Å². The first-order chi connectivity index (χ1) is 15.4. The van der Waals surface area contributed by atoms with E-state index < -0.39 is 10.0 Å². The molecule has 1 N–H and O–H groups in total. The Morgan fingerprint density at radius 1 is 0.875 bits per heavy atom. The van der Waals surface area contributed by atoms with Gasteiger partial charge in [0.2, 0.25) is 10.0 Å². The number of fused-ring (bicyclic) bond motifs is 4. The minimum Gasteiger partial charge on any atom is -0.322 e. The van der Waals surface area contributed by atoms with Gasteiger partial charge in [-0.25, -0.2) is 8.42 Å². The van der Waals surface area contributed by atoms with Gasteiger partial charge in [0, 0.05) is 48.6 Å². The van der Waals surface area contributed by atoms with Crippen LogP contribution >= 0.6 is 0 Å². The van der Waals surface area contributed by atoms with Crippen molar-refractivity contribution >= 4 is 21.6 Å². The molecule has 0 saturated carbocycles. The normalized spacial score (nSPS) is 20.4. The van der Waals surface area contributed by atoms with Crippen LogP contribution in [0.25, 0.3) is 0 Å². The maximum absolute atomic E-state index is 13.3. The number of amides is 1. The van der Waals surface area contributed by atoms with Crippen molar-refractivity contribution in [2.45, 2.75) is 23.8 Å².